The minimum Gasteiger partial charge on any atom is -0.332 e. The SMILES string of the molecule is O=C(c1ccccc1Br)N1CCn2ccnc2C1. The number of nitrogens with zero attached hydrogens (tertiary/aromatic N) is 3. The Hall–Kier alpha value is -1.62. The lowest BCUT2D eigenvalue weighted by Gasteiger charge is -2.28. The molecular formula is C13H12BrN3O. The normalized spacial score (nSPS) is 14.4. The average Bonchev–Trinajstić information content (AvgIpc) is 2.85. The summed E-state index contributed by atoms with van der Waals surface area (Å²) < 4.78 is 2.92. The summed E-state index contributed by atoms with van der Waals surface area (Å²) in [5, 5.41) is 0. The van der Waals surface area contributed by atoms with Crippen molar-refractivity contribution in [3.8, 4) is 0 Å². The smallest absolute Gasteiger partial charge is 0.255 e. The van der Waals surface area contributed by atoms with Gasteiger partial charge in [-0.25, -0.2) is 4.98 Å². The molecule has 1 aliphatic heterocycles. The third kappa shape index (κ3) is 1.95. The van der Waals surface area contributed by atoms with Crippen LogP contribution >= 0.6 is 15.9 Å². The minimum absolute atomic E-state index is 0.0525. The molecule has 5 heteroatoms. The van der Waals surface area contributed by atoms with Gasteiger partial charge in [-0.15, -0.1) is 0 Å². The van der Waals surface area contributed by atoms with Crippen molar-refractivity contribution >= 4 is 21.8 Å². The molecule has 0 atom stereocenters. The van der Waals surface area contributed by atoms with Gasteiger partial charge in [-0.2, -0.15) is 0 Å². The molecule has 0 bridgehead atoms. The van der Waals surface area contributed by atoms with Crippen LogP contribution in [-0.2, 0) is 13.1 Å². The number of halogens is 1. The first-order valence-electron chi connectivity index (χ1n) is 5.79. The summed E-state index contributed by atoms with van der Waals surface area (Å²) in [7, 11) is 0. The molecule has 3 rings (SSSR count). The third-order valence-corrected chi connectivity index (χ3v) is 3.83. The van der Waals surface area contributed by atoms with Gasteiger partial charge in [0.1, 0.15) is 5.82 Å². The maximum Gasteiger partial charge on any atom is 0.255 e. The largest absolute Gasteiger partial charge is 0.332 e. The molecule has 0 fully saturated rings. The van der Waals surface area contributed by atoms with Crippen molar-refractivity contribution in [2.45, 2.75) is 13.1 Å². The van der Waals surface area contributed by atoms with Crippen molar-refractivity contribution in [3.05, 3.63) is 52.5 Å². The molecule has 92 valence electrons. The van der Waals surface area contributed by atoms with Crippen LogP contribution in [0, 0.1) is 0 Å². The van der Waals surface area contributed by atoms with Gasteiger partial charge in [0, 0.05) is 30.0 Å². The second-order valence-electron chi connectivity index (χ2n) is 4.24. The van der Waals surface area contributed by atoms with E-state index in [9.17, 15) is 4.79 Å². The molecule has 1 amide bonds. The van der Waals surface area contributed by atoms with Crippen molar-refractivity contribution in [1.29, 1.82) is 0 Å². The summed E-state index contributed by atoms with van der Waals surface area (Å²) in [5.41, 5.74) is 0.706. The van der Waals surface area contributed by atoms with Crippen molar-refractivity contribution in [2.75, 3.05) is 6.54 Å². The maximum atomic E-state index is 12.4. The maximum absolute atomic E-state index is 12.4. The van der Waals surface area contributed by atoms with E-state index in [2.05, 4.69) is 25.5 Å². The van der Waals surface area contributed by atoms with Crippen molar-refractivity contribution in [2.24, 2.45) is 0 Å². The van der Waals surface area contributed by atoms with Gasteiger partial charge >= 0.3 is 0 Å². The van der Waals surface area contributed by atoms with E-state index in [0.717, 1.165) is 23.4 Å². The zero-order valence-corrected chi connectivity index (χ0v) is 11.3. The van der Waals surface area contributed by atoms with Crippen LogP contribution in [0.25, 0.3) is 0 Å². The lowest BCUT2D eigenvalue weighted by atomic mass is 10.2. The second-order valence-corrected chi connectivity index (χ2v) is 5.10. The quantitative estimate of drug-likeness (QED) is 0.811. The Labute approximate surface area is 113 Å². The van der Waals surface area contributed by atoms with E-state index in [0.29, 0.717) is 12.1 Å². The van der Waals surface area contributed by atoms with Crippen LogP contribution < -0.4 is 0 Å². The summed E-state index contributed by atoms with van der Waals surface area (Å²) in [4.78, 5) is 18.5. The summed E-state index contributed by atoms with van der Waals surface area (Å²) in [6.07, 6.45) is 3.73. The zero-order chi connectivity index (χ0) is 12.5. The molecule has 1 aromatic heterocycles. The number of hydrogen-bond acceptors (Lipinski definition) is 2. The topological polar surface area (TPSA) is 38.1 Å². The molecule has 0 saturated carbocycles. The van der Waals surface area contributed by atoms with E-state index in [4.69, 9.17) is 0 Å². The van der Waals surface area contributed by atoms with Crippen LogP contribution in [0.15, 0.2) is 41.1 Å². The van der Waals surface area contributed by atoms with Gasteiger partial charge in [0.2, 0.25) is 0 Å². The van der Waals surface area contributed by atoms with Crippen molar-refractivity contribution in [3.63, 3.8) is 0 Å². The van der Waals surface area contributed by atoms with E-state index in [1.807, 2.05) is 35.4 Å². The second kappa shape index (κ2) is 4.57. The zero-order valence-electron chi connectivity index (χ0n) is 9.71. The predicted molar refractivity (Wildman–Crippen MR) is 71.1 cm³/mol. The molecule has 0 unspecified atom stereocenters. The Morgan fingerprint density at radius 2 is 2.11 bits per heavy atom. The molecule has 0 N–H and O–H groups in total. The van der Waals surface area contributed by atoms with Gasteiger partial charge in [0.05, 0.1) is 12.1 Å². The van der Waals surface area contributed by atoms with Gasteiger partial charge in [0.25, 0.3) is 5.91 Å². The monoisotopic (exact) mass is 305 g/mol. The molecule has 2 heterocycles. The Morgan fingerprint density at radius 3 is 2.94 bits per heavy atom. The van der Waals surface area contributed by atoms with Gasteiger partial charge < -0.3 is 9.47 Å². The van der Waals surface area contributed by atoms with Crippen LogP contribution in [0.2, 0.25) is 0 Å². The number of hydrogen-bond donors (Lipinski definition) is 0. The standard InChI is InChI=1S/C13H12BrN3O/c14-11-4-2-1-3-10(11)13(18)17-8-7-16-6-5-15-12(16)9-17/h1-6H,7-9H2. The van der Waals surface area contributed by atoms with Crippen LogP contribution in [0.5, 0.6) is 0 Å². The van der Waals surface area contributed by atoms with Crippen LogP contribution in [0.4, 0.5) is 0 Å². The van der Waals surface area contributed by atoms with Crippen molar-refractivity contribution < 1.29 is 4.79 Å². The molecule has 0 radical (unpaired) electrons. The molecule has 0 saturated heterocycles. The van der Waals surface area contributed by atoms with E-state index in [-0.39, 0.29) is 5.91 Å². The van der Waals surface area contributed by atoms with Crippen LogP contribution in [0.1, 0.15) is 16.2 Å². The summed E-state index contributed by atoms with van der Waals surface area (Å²) in [6, 6.07) is 7.51. The average molecular weight is 306 g/mol. The molecular weight excluding hydrogens is 294 g/mol. The number of fused-ring (bicyclic) bond motifs is 1. The Kier molecular flexibility index (Phi) is 2.91. The van der Waals surface area contributed by atoms with Crippen LogP contribution in [-0.4, -0.2) is 26.9 Å². The third-order valence-electron chi connectivity index (χ3n) is 3.14. The lowest BCUT2D eigenvalue weighted by Crippen LogP contribution is -2.38. The summed E-state index contributed by atoms with van der Waals surface area (Å²) in [5.74, 6) is 0.998. The molecule has 4 nitrogen and oxygen atoms in total. The Morgan fingerprint density at radius 1 is 1.28 bits per heavy atom. The van der Waals surface area contributed by atoms with E-state index in [1.54, 1.807) is 6.20 Å². The molecule has 0 aliphatic carbocycles. The van der Waals surface area contributed by atoms with Gasteiger partial charge in [-0.05, 0) is 28.1 Å². The fourth-order valence-corrected chi connectivity index (χ4v) is 2.61. The lowest BCUT2D eigenvalue weighted by molar-refractivity contribution is 0.0706. The predicted octanol–water partition coefficient (Wildman–Crippen LogP) is 2.30. The number of amides is 1. The fraction of sp³-hybridized carbons (Fsp3) is 0.231. The number of benzene rings is 1. The fourth-order valence-electron chi connectivity index (χ4n) is 2.15. The van der Waals surface area contributed by atoms with Gasteiger partial charge in [-0.3, -0.25) is 4.79 Å². The molecule has 0 spiro atoms. The number of imidazole rings is 1. The first kappa shape index (κ1) is 11.5. The Bertz CT molecular complexity index is 593. The van der Waals surface area contributed by atoms with E-state index < -0.39 is 0 Å². The van der Waals surface area contributed by atoms with Gasteiger partial charge in [-0.1, -0.05) is 12.1 Å². The number of rotatable bonds is 1. The molecule has 1 aromatic carbocycles. The summed E-state index contributed by atoms with van der Waals surface area (Å²) in [6.45, 7) is 2.11. The Balaban J connectivity index is 1.85. The highest BCUT2D eigenvalue weighted by Crippen LogP contribution is 2.20. The van der Waals surface area contributed by atoms with Gasteiger partial charge in [0.15, 0.2) is 0 Å². The number of carbonyl (C=O) groups is 1. The molecule has 18 heavy (non-hydrogen) atoms. The van der Waals surface area contributed by atoms with E-state index in [1.165, 1.54) is 0 Å². The first-order valence-corrected chi connectivity index (χ1v) is 6.59. The minimum atomic E-state index is 0.0525. The highest BCUT2D eigenvalue weighted by Gasteiger charge is 2.23. The molecule has 1 aliphatic rings. The summed E-state index contributed by atoms with van der Waals surface area (Å²) >= 11 is 3.42. The highest BCUT2D eigenvalue weighted by molar-refractivity contribution is 9.10. The van der Waals surface area contributed by atoms with E-state index >= 15 is 0 Å². The highest BCUT2D eigenvalue weighted by atomic mass is 79.9. The van der Waals surface area contributed by atoms with Crippen molar-refractivity contribution in [1.82, 2.24) is 14.5 Å². The first-order chi connectivity index (χ1) is 8.75. The van der Waals surface area contributed by atoms with Crippen LogP contribution in [0.3, 0.4) is 0 Å². The number of aromatic nitrogens is 2. The number of carbonyl (C=O) groups excluding carboxylic acids is 1. The molecule has 2 aromatic rings.